The standard InChI is InChI=1S/C35H42N6O7/c36-25(19-22-20-37-26-7-2-1-6-24(22)26)32(44)40-16-4-9-29(40)34(46)41-17-5-10-30(41)33(45)39-15-3-8-28(39)31(43)38-27(35(47)48)18-21-11-13-23(42)14-12-21/h1-2,6-7,11-14,20,25,27-30,37,42H,3-5,8-10,15-19,36H2,(H,38,43)(H,47,48)/t25-,27-,28-,29-,30-/m0/s1. The molecule has 0 bridgehead atoms. The number of phenols is 1. The van der Waals surface area contributed by atoms with Crippen LogP contribution in [0.2, 0.25) is 0 Å². The number of H-pyrrole nitrogens is 1. The van der Waals surface area contributed by atoms with Crippen LogP contribution in [0.25, 0.3) is 10.9 Å². The number of aromatic hydroxyl groups is 1. The number of nitrogens with zero attached hydrogens (tertiary/aromatic N) is 3. The van der Waals surface area contributed by atoms with Gasteiger partial charge in [-0.2, -0.15) is 0 Å². The van der Waals surface area contributed by atoms with Crippen molar-refractivity contribution in [3.63, 3.8) is 0 Å². The molecular formula is C35H42N6O7. The van der Waals surface area contributed by atoms with Gasteiger partial charge in [0.05, 0.1) is 6.04 Å². The predicted octanol–water partition coefficient (Wildman–Crippen LogP) is 1.53. The second-order valence-corrected chi connectivity index (χ2v) is 13.0. The van der Waals surface area contributed by atoms with Crippen molar-refractivity contribution in [1.82, 2.24) is 25.0 Å². The zero-order chi connectivity index (χ0) is 33.9. The molecule has 254 valence electrons. The fraction of sp³-hybridized carbons (Fsp3) is 0.457. The van der Waals surface area contributed by atoms with E-state index in [1.807, 2.05) is 30.5 Å². The summed E-state index contributed by atoms with van der Waals surface area (Å²) in [5.41, 5.74) is 8.93. The van der Waals surface area contributed by atoms with Gasteiger partial charge in [-0.05, 0) is 74.3 Å². The molecule has 13 nitrogen and oxygen atoms in total. The predicted molar refractivity (Wildman–Crippen MR) is 176 cm³/mol. The minimum atomic E-state index is -1.22. The average molecular weight is 659 g/mol. The van der Waals surface area contributed by atoms with Crippen molar-refractivity contribution in [2.75, 3.05) is 19.6 Å². The molecule has 2 aromatic carbocycles. The smallest absolute Gasteiger partial charge is 0.326 e. The monoisotopic (exact) mass is 658 g/mol. The Balaban J connectivity index is 1.10. The third-order valence-electron chi connectivity index (χ3n) is 9.90. The molecule has 0 aliphatic carbocycles. The molecule has 0 spiro atoms. The first kappa shape index (κ1) is 33.0. The van der Waals surface area contributed by atoms with Crippen molar-refractivity contribution in [3.8, 4) is 5.75 Å². The van der Waals surface area contributed by atoms with E-state index in [4.69, 9.17) is 5.73 Å². The van der Waals surface area contributed by atoms with Gasteiger partial charge in [0.25, 0.3) is 0 Å². The quantitative estimate of drug-likeness (QED) is 0.217. The normalized spacial score (nSPS) is 22.2. The number of nitrogens with one attached hydrogen (secondary N) is 2. The number of aromatic amines is 1. The lowest BCUT2D eigenvalue weighted by atomic mass is 10.0. The first-order chi connectivity index (χ1) is 23.1. The van der Waals surface area contributed by atoms with Crippen LogP contribution in [0.15, 0.2) is 54.7 Å². The number of phenolic OH excluding ortho intramolecular Hbond substituents is 1. The van der Waals surface area contributed by atoms with Crippen LogP contribution in [0.4, 0.5) is 0 Å². The molecule has 3 aromatic rings. The minimum absolute atomic E-state index is 0.00890. The Hall–Kier alpha value is -4.91. The van der Waals surface area contributed by atoms with Crippen molar-refractivity contribution >= 4 is 40.5 Å². The maximum atomic E-state index is 14.0. The molecule has 4 heterocycles. The lowest BCUT2D eigenvalue weighted by molar-refractivity contribution is -0.151. The SMILES string of the molecule is N[C@@H](Cc1c[nH]c2ccccc12)C(=O)N1CCC[C@H]1C(=O)N1CCC[C@H]1C(=O)N1CCC[C@H]1C(=O)N[C@@H](Cc1ccc(O)cc1)C(=O)O. The van der Waals surface area contributed by atoms with Crippen LogP contribution >= 0.6 is 0 Å². The van der Waals surface area contributed by atoms with Crippen molar-refractivity contribution in [1.29, 1.82) is 0 Å². The number of rotatable bonds is 10. The number of likely N-dealkylation sites (tertiary alicyclic amines) is 3. The Morgan fingerprint density at radius 2 is 1.40 bits per heavy atom. The average Bonchev–Trinajstić information content (AvgIpc) is 3.91. The van der Waals surface area contributed by atoms with Gasteiger partial charge in [0.15, 0.2) is 0 Å². The Kier molecular flexibility index (Phi) is 9.67. The number of fused-ring (bicyclic) bond motifs is 1. The van der Waals surface area contributed by atoms with Crippen LogP contribution in [0.1, 0.15) is 49.7 Å². The van der Waals surface area contributed by atoms with Gasteiger partial charge in [0.2, 0.25) is 23.6 Å². The van der Waals surface area contributed by atoms with Crippen LogP contribution in [0.3, 0.4) is 0 Å². The topological polar surface area (TPSA) is 189 Å². The number of amides is 4. The number of para-hydroxylation sites is 1. The molecule has 0 saturated carbocycles. The van der Waals surface area contributed by atoms with Crippen molar-refractivity contribution < 1.29 is 34.2 Å². The molecule has 13 heteroatoms. The van der Waals surface area contributed by atoms with E-state index in [9.17, 15) is 34.2 Å². The molecule has 5 atom stereocenters. The van der Waals surface area contributed by atoms with Crippen LogP contribution in [0.5, 0.6) is 5.75 Å². The highest BCUT2D eigenvalue weighted by atomic mass is 16.4. The Morgan fingerprint density at radius 1 is 0.812 bits per heavy atom. The Bertz CT molecular complexity index is 1690. The number of benzene rings is 2. The summed E-state index contributed by atoms with van der Waals surface area (Å²) in [5.74, 6) is -2.63. The van der Waals surface area contributed by atoms with Gasteiger partial charge in [-0.1, -0.05) is 30.3 Å². The third kappa shape index (κ3) is 6.73. The van der Waals surface area contributed by atoms with E-state index in [0.717, 1.165) is 16.5 Å². The van der Waals surface area contributed by atoms with E-state index in [-0.39, 0.29) is 29.9 Å². The van der Waals surface area contributed by atoms with Crippen LogP contribution < -0.4 is 11.1 Å². The second kappa shape index (κ2) is 14.1. The summed E-state index contributed by atoms with van der Waals surface area (Å²) in [4.78, 5) is 74.7. The minimum Gasteiger partial charge on any atom is -0.508 e. The second-order valence-electron chi connectivity index (χ2n) is 13.0. The first-order valence-corrected chi connectivity index (χ1v) is 16.7. The maximum Gasteiger partial charge on any atom is 0.326 e. The molecule has 3 aliphatic heterocycles. The summed E-state index contributed by atoms with van der Waals surface area (Å²) in [6.07, 6.45) is 5.31. The number of carbonyl (C=O) groups excluding carboxylic acids is 4. The Labute approximate surface area is 278 Å². The van der Waals surface area contributed by atoms with Gasteiger partial charge in [-0.15, -0.1) is 0 Å². The van der Waals surface area contributed by atoms with E-state index in [0.29, 0.717) is 70.1 Å². The summed E-state index contributed by atoms with van der Waals surface area (Å²) >= 11 is 0. The van der Waals surface area contributed by atoms with E-state index in [1.54, 1.807) is 21.9 Å². The van der Waals surface area contributed by atoms with Gasteiger partial charge < -0.3 is 40.9 Å². The van der Waals surface area contributed by atoms with E-state index < -0.39 is 42.1 Å². The molecular weight excluding hydrogens is 616 g/mol. The van der Waals surface area contributed by atoms with Gasteiger partial charge in [0, 0.05) is 43.2 Å². The molecule has 3 saturated heterocycles. The summed E-state index contributed by atoms with van der Waals surface area (Å²) in [6, 6.07) is 9.46. The fourth-order valence-electron chi connectivity index (χ4n) is 7.43. The number of hydrogen-bond acceptors (Lipinski definition) is 7. The molecule has 6 N–H and O–H groups in total. The molecule has 0 unspecified atom stereocenters. The fourth-order valence-corrected chi connectivity index (χ4v) is 7.43. The number of carbonyl (C=O) groups is 5. The van der Waals surface area contributed by atoms with E-state index in [1.165, 1.54) is 17.0 Å². The molecule has 3 fully saturated rings. The highest BCUT2D eigenvalue weighted by molar-refractivity contribution is 5.96. The van der Waals surface area contributed by atoms with Gasteiger partial charge in [-0.25, -0.2) is 4.79 Å². The Morgan fingerprint density at radius 3 is 2.06 bits per heavy atom. The summed E-state index contributed by atoms with van der Waals surface area (Å²) in [5, 5.41) is 22.9. The third-order valence-corrected chi connectivity index (χ3v) is 9.90. The molecule has 4 amide bonds. The van der Waals surface area contributed by atoms with Crippen molar-refractivity contribution in [2.45, 2.75) is 81.6 Å². The number of carboxylic acids is 1. The number of carboxylic acid groups (broad SMARTS) is 1. The zero-order valence-corrected chi connectivity index (χ0v) is 26.7. The zero-order valence-electron chi connectivity index (χ0n) is 26.7. The summed E-state index contributed by atoms with van der Waals surface area (Å²) in [7, 11) is 0. The lowest BCUT2D eigenvalue weighted by Gasteiger charge is -2.34. The highest BCUT2D eigenvalue weighted by Crippen LogP contribution is 2.29. The number of aliphatic carboxylic acids is 1. The van der Waals surface area contributed by atoms with Crippen LogP contribution in [0, 0.1) is 0 Å². The largest absolute Gasteiger partial charge is 0.508 e. The molecule has 48 heavy (non-hydrogen) atoms. The molecule has 6 rings (SSSR count). The van der Waals surface area contributed by atoms with Gasteiger partial charge >= 0.3 is 5.97 Å². The first-order valence-electron chi connectivity index (χ1n) is 16.7. The maximum absolute atomic E-state index is 14.0. The molecule has 1 aromatic heterocycles. The lowest BCUT2D eigenvalue weighted by Crippen LogP contribution is -2.57. The highest BCUT2D eigenvalue weighted by Gasteiger charge is 2.46. The van der Waals surface area contributed by atoms with Crippen molar-refractivity contribution in [2.24, 2.45) is 5.73 Å². The summed E-state index contributed by atoms with van der Waals surface area (Å²) < 4.78 is 0. The van der Waals surface area contributed by atoms with E-state index in [2.05, 4.69) is 10.3 Å². The van der Waals surface area contributed by atoms with E-state index >= 15 is 0 Å². The number of hydrogen-bond donors (Lipinski definition) is 5. The molecule has 0 radical (unpaired) electrons. The van der Waals surface area contributed by atoms with Gasteiger partial charge in [-0.3, -0.25) is 19.2 Å². The number of aromatic nitrogens is 1. The van der Waals surface area contributed by atoms with Crippen LogP contribution in [-0.4, -0.2) is 109 Å². The van der Waals surface area contributed by atoms with Gasteiger partial charge in [0.1, 0.15) is 29.9 Å². The van der Waals surface area contributed by atoms with Crippen LogP contribution in [-0.2, 0) is 36.8 Å². The molecule has 3 aliphatic rings. The summed E-state index contributed by atoms with van der Waals surface area (Å²) in [6.45, 7) is 1.10. The van der Waals surface area contributed by atoms with Crippen molar-refractivity contribution in [3.05, 3.63) is 65.9 Å². The number of nitrogens with two attached hydrogens (primary N) is 1.